The molecule has 1 aliphatic heterocycles. The highest BCUT2D eigenvalue weighted by molar-refractivity contribution is 6.16. The highest BCUT2D eigenvalue weighted by Crippen LogP contribution is 2.26. The first-order valence-corrected chi connectivity index (χ1v) is 9.23. The maximum absolute atomic E-state index is 13.0. The summed E-state index contributed by atoms with van der Waals surface area (Å²) in [6, 6.07) is 16.3. The molecule has 3 rings (SSSR count). The topological polar surface area (TPSA) is 104 Å². The van der Waals surface area contributed by atoms with Gasteiger partial charge < -0.3 is 10.6 Å². The fourth-order valence-electron chi connectivity index (χ4n) is 3.24. The molecule has 2 N–H and O–H groups in total. The van der Waals surface area contributed by atoms with Crippen LogP contribution >= 0.6 is 0 Å². The number of carbonyl (C=O) groups excluding carboxylic acids is 4. The predicted octanol–water partition coefficient (Wildman–Crippen LogP) is 1.75. The van der Waals surface area contributed by atoms with Gasteiger partial charge in [-0.1, -0.05) is 36.4 Å². The zero-order valence-electron chi connectivity index (χ0n) is 16.0. The Kier molecular flexibility index (Phi) is 5.92. The number of urea groups is 1. The molecule has 8 nitrogen and oxygen atoms in total. The number of imide groups is 1. The van der Waals surface area contributed by atoms with E-state index in [-0.39, 0.29) is 13.0 Å². The van der Waals surface area contributed by atoms with Crippen LogP contribution in [0.1, 0.15) is 13.3 Å². The number of rotatable bonds is 7. The SMILES string of the molecule is C[C@@H]1C(=O)N(CC(=O)N(CCC(N)=O)c2ccccc2)C(=O)N1c1ccccc1. The van der Waals surface area contributed by atoms with Gasteiger partial charge in [-0.25, -0.2) is 4.79 Å². The minimum atomic E-state index is -0.714. The predicted molar refractivity (Wildman–Crippen MR) is 108 cm³/mol. The summed E-state index contributed by atoms with van der Waals surface area (Å²) in [7, 11) is 0. The molecule has 0 saturated carbocycles. The molecular weight excluding hydrogens is 372 g/mol. The van der Waals surface area contributed by atoms with Crippen molar-refractivity contribution in [1.82, 2.24) is 4.90 Å². The molecule has 1 saturated heterocycles. The Labute approximate surface area is 168 Å². The van der Waals surface area contributed by atoms with E-state index in [0.717, 1.165) is 4.90 Å². The van der Waals surface area contributed by atoms with Crippen LogP contribution in [0.2, 0.25) is 0 Å². The number of benzene rings is 2. The lowest BCUT2D eigenvalue weighted by Gasteiger charge is -2.24. The third-order valence-electron chi connectivity index (χ3n) is 4.73. The molecule has 1 atom stereocenters. The smallest absolute Gasteiger partial charge is 0.332 e. The standard InChI is InChI=1S/C21H22N4O4/c1-15-20(28)24(21(29)25(15)17-10-6-3-7-11-17)14-19(27)23(13-12-18(22)26)16-8-4-2-5-9-16/h2-11,15H,12-14H2,1H3,(H2,22,26)/t15-/m1/s1. The zero-order valence-corrected chi connectivity index (χ0v) is 16.0. The molecule has 2 aromatic rings. The molecular formula is C21H22N4O4. The Balaban J connectivity index is 1.81. The van der Waals surface area contributed by atoms with Crippen LogP contribution in [-0.4, -0.2) is 47.8 Å². The summed E-state index contributed by atoms with van der Waals surface area (Å²) in [5.74, 6) is -1.47. The molecule has 0 radical (unpaired) electrons. The van der Waals surface area contributed by atoms with Gasteiger partial charge in [-0.2, -0.15) is 0 Å². The van der Waals surface area contributed by atoms with E-state index >= 15 is 0 Å². The normalized spacial score (nSPS) is 16.2. The summed E-state index contributed by atoms with van der Waals surface area (Å²) in [6.45, 7) is 1.27. The summed E-state index contributed by atoms with van der Waals surface area (Å²) < 4.78 is 0. The molecule has 150 valence electrons. The van der Waals surface area contributed by atoms with E-state index < -0.39 is 36.3 Å². The number of nitrogens with zero attached hydrogens (tertiary/aromatic N) is 3. The second-order valence-corrected chi connectivity index (χ2v) is 6.69. The molecule has 0 bridgehead atoms. The first-order chi connectivity index (χ1) is 13.9. The van der Waals surface area contributed by atoms with Crippen molar-refractivity contribution in [2.24, 2.45) is 5.73 Å². The molecule has 2 aromatic carbocycles. The summed E-state index contributed by atoms with van der Waals surface area (Å²) >= 11 is 0. The Morgan fingerprint density at radius 3 is 2.17 bits per heavy atom. The van der Waals surface area contributed by atoms with Crippen molar-refractivity contribution in [3.05, 3.63) is 60.7 Å². The largest absolute Gasteiger partial charge is 0.370 e. The number of amides is 5. The Hall–Kier alpha value is -3.68. The van der Waals surface area contributed by atoms with Crippen LogP contribution in [0.5, 0.6) is 0 Å². The van der Waals surface area contributed by atoms with Crippen molar-refractivity contribution >= 4 is 35.1 Å². The van der Waals surface area contributed by atoms with E-state index in [9.17, 15) is 19.2 Å². The number of hydrogen-bond donors (Lipinski definition) is 1. The van der Waals surface area contributed by atoms with Crippen molar-refractivity contribution in [3.63, 3.8) is 0 Å². The van der Waals surface area contributed by atoms with Crippen molar-refractivity contribution in [1.29, 1.82) is 0 Å². The maximum atomic E-state index is 13.0. The van der Waals surface area contributed by atoms with Crippen LogP contribution in [-0.2, 0) is 14.4 Å². The summed E-state index contributed by atoms with van der Waals surface area (Å²) in [4.78, 5) is 53.4. The molecule has 1 fully saturated rings. The van der Waals surface area contributed by atoms with E-state index in [2.05, 4.69) is 0 Å². The van der Waals surface area contributed by atoms with Crippen LogP contribution in [0.25, 0.3) is 0 Å². The highest BCUT2D eigenvalue weighted by Gasteiger charge is 2.44. The zero-order chi connectivity index (χ0) is 21.0. The molecule has 29 heavy (non-hydrogen) atoms. The van der Waals surface area contributed by atoms with E-state index in [4.69, 9.17) is 5.73 Å². The lowest BCUT2D eigenvalue weighted by Crippen LogP contribution is -2.44. The third kappa shape index (κ3) is 4.26. The number of hydrogen-bond acceptors (Lipinski definition) is 4. The van der Waals surface area contributed by atoms with Gasteiger partial charge in [0.2, 0.25) is 11.8 Å². The highest BCUT2D eigenvalue weighted by atomic mass is 16.2. The number of carbonyl (C=O) groups is 4. The van der Waals surface area contributed by atoms with Gasteiger partial charge >= 0.3 is 6.03 Å². The van der Waals surface area contributed by atoms with E-state index in [1.165, 1.54) is 9.80 Å². The molecule has 1 heterocycles. The minimum absolute atomic E-state index is 0.0327. The van der Waals surface area contributed by atoms with Gasteiger partial charge in [0.05, 0.1) is 0 Å². The van der Waals surface area contributed by atoms with Gasteiger partial charge in [-0.05, 0) is 31.2 Å². The van der Waals surface area contributed by atoms with Crippen molar-refractivity contribution in [3.8, 4) is 0 Å². The molecule has 0 unspecified atom stereocenters. The summed E-state index contributed by atoms with van der Waals surface area (Å²) in [6.07, 6.45) is -0.0327. The second-order valence-electron chi connectivity index (χ2n) is 6.69. The monoisotopic (exact) mass is 394 g/mol. The molecule has 0 spiro atoms. The molecule has 8 heteroatoms. The van der Waals surface area contributed by atoms with E-state index in [1.807, 2.05) is 6.07 Å². The number of primary amides is 1. The van der Waals surface area contributed by atoms with Crippen molar-refractivity contribution in [2.75, 3.05) is 22.9 Å². The van der Waals surface area contributed by atoms with Gasteiger partial charge in [0.15, 0.2) is 0 Å². The van der Waals surface area contributed by atoms with Crippen LogP contribution < -0.4 is 15.5 Å². The molecule has 5 amide bonds. The molecule has 1 aliphatic rings. The van der Waals surface area contributed by atoms with Gasteiger partial charge in [0, 0.05) is 24.3 Å². The second kappa shape index (κ2) is 8.55. The van der Waals surface area contributed by atoms with Gasteiger partial charge in [0.1, 0.15) is 12.6 Å². The van der Waals surface area contributed by atoms with Crippen LogP contribution in [0.4, 0.5) is 16.2 Å². The van der Waals surface area contributed by atoms with Gasteiger partial charge in [-0.3, -0.25) is 24.2 Å². The van der Waals surface area contributed by atoms with Crippen LogP contribution in [0, 0.1) is 0 Å². The third-order valence-corrected chi connectivity index (χ3v) is 4.73. The fraction of sp³-hybridized carbons (Fsp3) is 0.238. The Morgan fingerprint density at radius 2 is 1.59 bits per heavy atom. The Morgan fingerprint density at radius 1 is 1.00 bits per heavy atom. The van der Waals surface area contributed by atoms with E-state index in [1.54, 1.807) is 61.5 Å². The average molecular weight is 394 g/mol. The molecule has 0 aromatic heterocycles. The first-order valence-electron chi connectivity index (χ1n) is 9.23. The van der Waals surface area contributed by atoms with Gasteiger partial charge in [-0.15, -0.1) is 0 Å². The first kappa shape index (κ1) is 20.1. The lowest BCUT2D eigenvalue weighted by atomic mass is 10.2. The summed E-state index contributed by atoms with van der Waals surface area (Å²) in [5.41, 5.74) is 6.37. The quantitative estimate of drug-likeness (QED) is 0.723. The summed E-state index contributed by atoms with van der Waals surface area (Å²) in [5, 5.41) is 0. The minimum Gasteiger partial charge on any atom is -0.370 e. The fourth-order valence-corrected chi connectivity index (χ4v) is 3.24. The Bertz CT molecular complexity index is 917. The average Bonchev–Trinajstić information content (AvgIpc) is 2.92. The van der Waals surface area contributed by atoms with E-state index in [0.29, 0.717) is 11.4 Å². The maximum Gasteiger partial charge on any atom is 0.332 e. The number of anilines is 2. The number of para-hydroxylation sites is 2. The van der Waals surface area contributed by atoms with Gasteiger partial charge in [0.25, 0.3) is 5.91 Å². The van der Waals surface area contributed by atoms with Crippen LogP contribution in [0.15, 0.2) is 60.7 Å². The van der Waals surface area contributed by atoms with Crippen molar-refractivity contribution in [2.45, 2.75) is 19.4 Å². The molecule has 0 aliphatic carbocycles. The number of nitrogens with two attached hydrogens (primary N) is 1. The van der Waals surface area contributed by atoms with Crippen molar-refractivity contribution < 1.29 is 19.2 Å². The van der Waals surface area contributed by atoms with Crippen LogP contribution in [0.3, 0.4) is 0 Å². The lowest BCUT2D eigenvalue weighted by molar-refractivity contribution is -0.131.